The third kappa shape index (κ3) is 3.57. The second kappa shape index (κ2) is 5.96. The van der Waals surface area contributed by atoms with Crippen LogP contribution in [0.1, 0.15) is 0 Å². The molecular weight excluding hydrogens is 227 g/mol. The first-order chi connectivity index (χ1) is 7.54. The van der Waals surface area contributed by atoms with Crippen molar-refractivity contribution in [3.8, 4) is 5.75 Å². The Bertz CT molecular complexity index is 358. The molecule has 2 N–H and O–H groups in total. The number of nitrogen functional groups attached to an aromatic ring is 1. The smallest absolute Gasteiger partial charge is 0.143 e. The number of ether oxygens (including phenoxy) is 1. The minimum absolute atomic E-state index is 0.290. The lowest BCUT2D eigenvalue weighted by Crippen LogP contribution is -2.14. The predicted molar refractivity (Wildman–Crippen MR) is 66.6 cm³/mol. The molecule has 0 aliphatic carbocycles. The van der Waals surface area contributed by atoms with E-state index in [1.54, 1.807) is 6.07 Å². The number of methoxy groups -OCH3 is 1. The zero-order valence-corrected chi connectivity index (χ0v) is 10.6. The Morgan fingerprint density at radius 3 is 2.69 bits per heavy atom. The van der Waals surface area contributed by atoms with Crippen LogP contribution in [0.5, 0.6) is 5.75 Å². The molecule has 0 saturated heterocycles. The van der Waals surface area contributed by atoms with Crippen molar-refractivity contribution in [1.29, 1.82) is 0 Å². The molecule has 1 aromatic carbocycles. The summed E-state index contributed by atoms with van der Waals surface area (Å²) >= 11 is 1.46. The number of hydrogen-bond donors (Lipinski definition) is 1. The molecule has 0 aliphatic rings. The number of anilines is 1. The SMILES string of the molecule is COc1cc(SCCN(C)C)c(F)cc1N. The molecule has 5 heteroatoms. The summed E-state index contributed by atoms with van der Waals surface area (Å²) < 4.78 is 18.6. The van der Waals surface area contributed by atoms with Crippen molar-refractivity contribution in [2.24, 2.45) is 0 Å². The fraction of sp³-hybridized carbons (Fsp3) is 0.455. The fourth-order valence-electron chi connectivity index (χ4n) is 1.18. The molecule has 0 aliphatic heterocycles. The van der Waals surface area contributed by atoms with Crippen molar-refractivity contribution in [2.45, 2.75) is 4.90 Å². The van der Waals surface area contributed by atoms with Crippen LogP contribution >= 0.6 is 11.8 Å². The van der Waals surface area contributed by atoms with Gasteiger partial charge in [-0.1, -0.05) is 0 Å². The van der Waals surface area contributed by atoms with Crippen LogP contribution in [0.4, 0.5) is 10.1 Å². The Morgan fingerprint density at radius 2 is 2.12 bits per heavy atom. The number of nitrogens with two attached hydrogens (primary N) is 1. The van der Waals surface area contributed by atoms with E-state index in [1.165, 1.54) is 24.9 Å². The van der Waals surface area contributed by atoms with Gasteiger partial charge in [0.05, 0.1) is 12.8 Å². The molecule has 0 atom stereocenters. The molecule has 0 unspecified atom stereocenters. The molecule has 16 heavy (non-hydrogen) atoms. The Kier molecular flexibility index (Phi) is 4.89. The maximum Gasteiger partial charge on any atom is 0.143 e. The van der Waals surface area contributed by atoms with E-state index in [0.717, 1.165) is 12.3 Å². The number of rotatable bonds is 5. The lowest BCUT2D eigenvalue weighted by molar-refractivity contribution is 0.414. The van der Waals surface area contributed by atoms with E-state index in [1.807, 2.05) is 14.1 Å². The van der Waals surface area contributed by atoms with E-state index in [9.17, 15) is 4.39 Å². The van der Waals surface area contributed by atoms with Crippen LogP contribution in [0.2, 0.25) is 0 Å². The standard InChI is InChI=1S/C11H17FN2OS/c1-14(2)4-5-16-11-7-10(15-3)9(13)6-8(11)12/h6-7H,4-5,13H2,1-3H3. The molecule has 0 aromatic heterocycles. The van der Waals surface area contributed by atoms with Crippen molar-refractivity contribution < 1.29 is 9.13 Å². The lowest BCUT2D eigenvalue weighted by Gasteiger charge is -2.11. The monoisotopic (exact) mass is 244 g/mol. The fourth-order valence-corrected chi connectivity index (χ4v) is 2.24. The average molecular weight is 244 g/mol. The molecule has 0 bridgehead atoms. The number of nitrogens with zero attached hydrogens (tertiary/aromatic N) is 1. The highest BCUT2D eigenvalue weighted by Crippen LogP contribution is 2.31. The lowest BCUT2D eigenvalue weighted by atomic mass is 10.3. The first-order valence-electron chi connectivity index (χ1n) is 4.95. The zero-order chi connectivity index (χ0) is 12.1. The van der Waals surface area contributed by atoms with E-state index in [4.69, 9.17) is 10.5 Å². The highest BCUT2D eigenvalue weighted by molar-refractivity contribution is 7.99. The molecule has 0 fully saturated rings. The second-order valence-corrected chi connectivity index (χ2v) is 4.81. The summed E-state index contributed by atoms with van der Waals surface area (Å²) in [5.41, 5.74) is 5.93. The van der Waals surface area contributed by atoms with E-state index in [-0.39, 0.29) is 5.82 Å². The van der Waals surface area contributed by atoms with Gasteiger partial charge in [-0.25, -0.2) is 4.39 Å². The van der Waals surface area contributed by atoms with Gasteiger partial charge in [-0.3, -0.25) is 0 Å². The Balaban J connectivity index is 2.72. The topological polar surface area (TPSA) is 38.5 Å². The summed E-state index contributed by atoms with van der Waals surface area (Å²) in [5.74, 6) is 1.06. The molecule has 0 radical (unpaired) electrons. The van der Waals surface area contributed by atoms with Crippen molar-refractivity contribution in [3.05, 3.63) is 17.9 Å². The highest BCUT2D eigenvalue weighted by Gasteiger charge is 2.08. The van der Waals surface area contributed by atoms with Crippen LogP contribution in [0.25, 0.3) is 0 Å². The Hall–Kier alpha value is -0.940. The van der Waals surface area contributed by atoms with Crippen LogP contribution in [-0.2, 0) is 0 Å². The molecule has 0 saturated carbocycles. The second-order valence-electron chi connectivity index (χ2n) is 3.68. The molecule has 90 valence electrons. The summed E-state index contributed by atoms with van der Waals surface area (Å²) in [6, 6.07) is 2.95. The number of hydrogen-bond acceptors (Lipinski definition) is 4. The van der Waals surface area contributed by atoms with Gasteiger partial charge < -0.3 is 15.4 Å². The van der Waals surface area contributed by atoms with Crippen molar-refractivity contribution in [1.82, 2.24) is 4.90 Å². The van der Waals surface area contributed by atoms with Crippen LogP contribution in [0.3, 0.4) is 0 Å². The number of benzene rings is 1. The van der Waals surface area contributed by atoms with Crippen molar-refractivity contribution >= 4 is 17.4 Å². The summed E-state index contributed by atoms with van der Waals surface area (Å²) in [6.45, 7) is 0.900. The van der Waals surface area contributed by atoms with E-state index >= 15 is 0 Å². The summed E-state index contributed by atoms with van der Waals surface area (Å²) in [7, 11) is 5.50. The normalized spacial score (nSPS) is 10.8. The van der Waals surface area contributed by atoms with Crippen molar-refractivity contribution in [2.75, 3.05) is 39.2 Å². The van der Waals surface area contributed by atoms with Crippen LogP contribution < -0.4 is 10.5 Å². The van der Waals surface area contributed by atoms with Gasteiger partial charge in [0.25, 0.3) is 0 Å². The molecule has 0 spiro atoms. The largest absolute Gasteiger partial charge is 0.495 e. The van der Waals surface area contributed by atoms with Gasteiger partial charge in [0, 0.05) is 23.3 Å². The Morgan fingerprint density at radius 1 is 1.44 bits per heavy atom. The summed E-state index contributed by atoms with van der Waals surface area (Å²) in [5, 5.41) is 0. The van der Waals surface area contributed by atoms with Gasteiger partial charge in [-0.15, -0.1) is 11.8 Å². The number of halogens is 1. The summed E-state index contributed by atoms with van der Waals surface area (Å²) in [4.78, 5) is 2.63. The van der Waals surface area contributed by atoms with Gasteiger partial charge in [0.15, 0.2) is 0 Å². The van der Waals surface area contributed by atoms with Gasteiger partial charge in [0.2, 0.25) is 0 Å². The van der Waals surface area contributed by atoms with Gasteiger partial charge in [-0.2, -0.15) is 0 Å². The van der Waals surface area contributed by atoms with E-state index in [0.29, 0.717) is 16.3 Å². The minimum atomic E-state index is -0.290. The van der Waals surface area contributed by atoms with E-state index in [2.05, 4.69) is 4.90 Å². The number of thioether (sulfide) groups is 1. The third-order valence-electron chi connectivity index (χ3n) is 2.08. The van der Waals surface area contributed by atoms with Crippen LogP contribution in [0.15, 0.2) is 17.0 Å². The van der Waals surface area contributed by atoms with Crippen LogP contribution in [-0.4, -0.2) is 38.4 Å². The third-order valence-corrected chi connectivity index (χ3v) is 3.09. The molecule has 1 rings (SSSR count). The van der Waals surface area contributed by atoms with E-state index < -0.39 is 0 Å². The maximum absolute atomic E-state index is 13.5. The minimum Gasteiger partial charge on any atom is -0.495 e. The summed E-state index contributed by atoms with van der Waals surface area (Å²) in [6.07, 6.45) is 0. The van der Waals surface area contributed by atoms with Gasteiger partial charge >= 0.3 is 0 Å². The van der Waals surface area contributed by atoms with Crippen LogP contribution in [0, 0.1) is 5.82 Å². The Labute approximate surface area is 99.8 Å². The quantitative estimate of drug-likeness (QED) is 0.635. The first-order valence-corrected chi connectivity index (χ1v) is 5.93. The molecule has 0 heterocycles. The molecule has 0 amide bonds. The van der Waals surface area contributed by atoms with Gasteiger partial charge in [-0.05, 0) is 20.2 Å². The molecule has 1 aromatic rings. The highest BCUT2D eigenvalue weighted by atomic mass is 32.2. The average Bonchev–Trinajstić information content (AvgIpc) is 2.20. The first kappa shape index (κ1) is 13.1. The van der Waals surface area contributed by atoms with Crippen molar-refractivity contribution in [3.63, 3.8) is 0 Å². The molecular formula is C11H17FN2OS. The molecule has 3 nitrogen and oxygen atoms in total. The maximum atomic E-state index is 13.5. The van der Waals surface area contributed by atoms with Gasteiger partial charge in [0.1, 0.15) is 11.6 Å². The zero-order valence-electron chi connectivity index (χ0n) is 9.79. The predicted octanol–water partition coefficient (Wildman–Crippen LogP) is 2.07.